The van der Waals surface area contributed by atoms with Gasteiger partial charge in [0, 0.05) is 20.3 Å². The second-order valence-corrected chi connectivity index (χ2v) is 6.52. The van der Waals surface area contributed by atoms with E-state index in [2.05, 4.69) is 5.32 Å². The highest BCUT2D eigenvalue weighted by molar-refractivity contribution is 7.91. The van der Waals surface area contributed by atoms with Crippen molar-refractivity contribution in [2.45, 2.75) is 38.1 Å². The molecule has 1 fully saturated rings. The van der Waals surface area contributed by atoms with Gasteiger partial charge in [0.1, 0.15) is 9.84 Å². The number of rotatable bonds is 5. The van der Waals surface area contributed by atoms with Crippen LogP contribution in [-0.2, 0) is 19.3 Å². The number of methoxy groups -OCH3 is 2. The lowest BCUT2D eigenvalue weighted by atomic mass is 10.1. The van der Waals surface area contributed by atoms with Crippen LogP contribution in [0.15, 0.2) is 0 Å². The van der Waals surface area contributed by atoms with Crippen molar-refractivity contribution in [3.8, 4) is 0 Å². The summed E-state index contributed by atoms with van der Waals surface area (Å²) in [5.74, 6) is 0.560. The normalized spacial score (nSPS) is 23.5. The molecule has 1 atom stereocenters. The maximum atomic E-state index is 11.3. The molecule has 1 heterocycles. The Morgan fingerprint density at radius 2 is 1.69 bits per heavy atom. The van der Waals surface area contributed by atoms with E-state index >= 15 is 0 Å². The lowest BCUT2D eigenvalue weighted by Gasteiger charge is -2.29. The molecule has 1 N–H and O–H groups in total. The third-order valence-electron chi connectivity index (χ3n) is 2.93. The molecule has 0 amide bonds. The van der Waals surface area contributed by atoms with Crippen LogP contribution in [0.1, 0.15) is 19.8 Å². The maximum Gasteiger partial charge on any atom is 0.171 e. The summed E-state index contributed by atoms with van der Waals surface area (Å²) in [6, 6.07) is 0.298. The summed E-state index contributed by atoms with van der Waals surface area (Å²) in [6.07, 6.45) is 1.05. The van der Waals surface area contributed by atoms with Gasteiger partial charge >= 0.3 is 0 Å². The van der Waals surface area contributed by atoms with Gasteiger partial charge in [-0.25, -0.2) is 8.42 Å². The fraction of sp³-hybridized carbons (Fsp3) is 1.00. The molecule has 1 aliphatic rings. The Hall–Kier alpha value is -0.170. The second-order valence-electron chi connectivity index (χ2n) is 4.22. The Morgan fingerprint density at radius 3 is 2.12 bits per heavy atom. The van der Waals surface area contributed by atoms with Crippen molar-refractivity contribution in [1.29, 1.82) is 0 Å². The number of nitrogens with one attached hydrogen (secondary N) is 1. The van der Waals surface area contributed by atoms with Gasteiger partial charge in [0.15, 0.2) is 6.29 Å². The fourth-order valence-corrected chi connectivity index (χ4v) is 3.50. The molecule has 0 saturated carbocycles. The highest BCUT2D eigenvalue weighted by Gasteiger charge is 2.26. The van der Waals surface area contributed by atoms with E-state index in [0.717, 1.165) is 0 Å². The average molecular weight is 251 g/mol. The van der Waals surface area contributed by atoms with Crippen molar-refractivity contribution in [2.24, 2.45) is 0 Å². The van der Waals surface area contributed by atoms with Gasteiger partial charge in [-0.05, 0) is 19.8 Å². The summed E-state index contributed by atoms with van der Waals surface area (Å²) in [7, 11) is 0.404. The molecule has 1 aliphatic heterocycles. The zero-order chi connectivity index (χ0) is 12.2. The van der Waals surface area contributed by atoms with E-state index in [4.69, 9.17) is 9.47 Å². The predicted octanol–water partition coefficient (Wildman–Crippen LogP) is 0.161. The number of hydrogen-bond donors (Lipinski definition) is 1. The van der Waals surface area contributed by atoms with Crippen molar-refractivity contribution in [3.63, 3.8) is 0 Å². The minimum absolute atomic E-state index is 0.0563. The second kappa shape index (κ2) is 5.95. The summed E-state index contributed by atoms with van der Waals surface area (Å²) >= 11 is 0. The monoisotopic (exact) mass is 251 g/mol. The van der Waals surface area contributed by atoms with Gasteiger partial charge < -0.3 is 14.8 Å². The first kappa shape index (κ1) is 13.9. The molecule has 0 bridgehead atoms. The van der Waals surface area contributed by atoms with Crippen molar-refractivity contribution in [3.05, 3.63) is 0 Å². The average Bonchev–Trinajstić information content (AvgIpc) is 2.23. The van der Waals surface area contributed by atoms with Gasteiger partial charge in [-0.3, -0.25) is 0 Å². The number of hydrogen-bond acceptors (Lipinski definition) is 5. The van der Waals surface area contributed by atoms with E-state index in [1.54, 1.807) is 14.2 Å². The van der Waals surface area contributed by atoms with E-state index in [0.29, 0.717) is 12.8 Å². The van der Waals surface area contributed by atoms with Crippen molar-refractivity contribution < 1.29 is 17.9 Å². The molecule has 16 heavy (non-hydrogen) atoms. The molecule has 6 heteroatoms. The van der Waals surface area contributed by atoms with Crippen LogP contribution in [-0.4, -0.2) is 52.5 Å². The van der Waals surface area contributed by atoms with Gasteiger partial charge in [0.2, 0.25) is 0 Å². The first-order valence-corrected chi connectivity index (χ1v) is 7.32. The summed E-state index contributed by atoms with van der Waals surface area (Å²) in [6.45, 7) is 1.97. The standard InChI is InChI=1S/C10H21NO4S/c1-8(10(14-2)15-3)11-9-4-6-16(12,13)7-5-9/h8-11H,4-7H2,1-3H3. The predicted molar refractivity (Wildman–Crippen MR) is 62.1 cm³/mol. The summed E-state index contributed by atoms with van der Waals surface area (Å²) < 4.78 is 32.8. The van der Waals surface area contributed by atoms with Gasteiger partial charge in [0.25, 0.3) is 0 Å². The van der Waals surface area contributed by atoms with E-state index in [1.807, 2.05) is 6.92 Å². The lowest BCUT2D eigenvalue weighted by molar-refractivity contribution is -0.121. The van der Waals surface area contributed by atoms with E-state index < -0.39 is 9.84 Å². The van der Waals surface area contributed by atoms with Crippen LogP contribution in [0.3, 0.4) is 0 Å². The topological polar surface area (TPSA) is 64.6 Å². The summed E-state index contributed by atoms with van der Waals surface area (Å²) in [4.78, 5) is 0. The molecule has 1 unspecified atom stereocenters. The number of ether oxygens (including phenoxy) is 2. The molecule has 0 spiro atoms. The Balaban J connectivity index is 2.38. The van der Waals surface area contributed by atoms with E-state index in [1.165, 1.54) is 0 Å². The first-order chi connectivity index (χ1) is 7.48. The molecule has 1 saturated heterocycles. The molecule has 5 nitrogen and oxygen atoms in total. The molecule has 0 radical (unpaired) electrons. The van der Waals surface area contributed by atoms with Crippen LogP contribution >= 0.6 is 0 Å². The van der Waals surface area contributed by atoms with Crippen molar-refractivity contribution >= 4 is 9.84 Å². The molecular formula is C10H21NO4S. The molecule has 0 aliphatic carbocycles. The van der Waals surface area contributed by atoms with Crippen LogP contribution in [0.4, 0.5) is 0 Å². The highest BCUT2D eigenvalue weighted by Crippen LogP contribution is 2.13. The SMILES string of the molecule is COC(OC)C(C)NC1CCS(=O)(=O)CC1. The summed E-state index contributed by atoms with van der Waals surface area (Å²) in [5.41, 5.74) is 0. The van der Waals surface area contributed by atoms with Crippen LogP contribution in [0, 0.1) is 0 Å². The highest BCUT2D eigenvalue weighted by atomic mass is 32.2. The lowest BCUT2D eigenvalue weighted by Crippen LogP contribution is -2.47. The van der Waals surface area contributed by atoms with Gasteiger partial charge in [-0.1, -0.05) is 0 Å². The van der Waals surface area contributed by atoms with E-state index in [9.17, 15) is 8.42 Å². The summed E-state index contributed by atoms with van der Waals surface area (Å²) in [5, 5.41) is 3.34. The zero-order valence-corrected chi connectivity index (χ0v) is 10.9. The van der Waals surface area contributed by atoms with Crippen LogP contribution in [0.5, 0.6) is 0 Å². The Bertz CT molecular complexity index is 286. The zero-order valence-electron chi connectivity index (χ0n) is 10.1. The maximum absolute atomic E-state index is 11.3. The first-order valence-electron chi connectivity index (χ1n) is 5.50. The van der Waals surface area contributed by atoms with E-state index in [-0.39, 0.29) is 29.9 Å². The minimum Gasteiger partial charge on any atom is -0.354 e. The number of sulfone groups is 1. The fourth-order valence-electron chi connectivity index (χ4n) is 2.01. The Kier molecular flexibility index (Phi) is 5.17. The molecule has 0 aromatic heterocycles. The van der Waals surface area contributed by atoms with Crippen LogP contribution in [0.25, 0.3) is 0 Å². The van der Waals surface area contributed by atoms with Gasteiger partial charge in [0.05, 0.1) is 17.5 Å². The minimum atomic E-state index is -2.79. The molecule has 96 valence electrons. The van der Waals surface area contributed by atoms with Crippen molar-refractivity contribution in [1.82, 2.24) is 5.32 Å². The third kappa shape index (κ3) is 4.01. The third-order valence-corrected chi connectivity index (χ3v) is 4.64. The van der Waals surface area contributed by atoms with Gasteiger partial charge in [-0.15, -0.1) is 0 Å². The molecule has 1 rings (SSSR count). The van der Waals surface area contributed by atoms with Crippen molar-refractivity contribution in [2.75, 3.05) is 25.7 Å². The Morgan fingerprint density at radius 1 is 1.19 bits per heavy atom. The van der Waals surface area contributed by atoms with Crippen LogP contribution < -0.4 is 5.32 Å². The largest absolute Gasteiger partial charge is 0.354 e. The quantitative estimate of drug-likeness (QED) is 0.705. The van der Waals surface area contributed by atoms with Crippen LogP contribution in [0.2, 0.25) is 0 Å². The molecule has 0 aromatic carbocycles. The molecule has 0 aromatic rings. The Labute approximate surface area is 97.4 Å². The molecular weight excluding hydrogens is 230 g/mol. The van der Waals surface area contributed by atoms with Gasteiger partial charge in [-0.2, -0.15) is 0 Å². The smallest absolute Gasteiger partial charge is 0.171 e.